The molecule has 0 aliphatic rings. The summed E-state index contributed by atoms with van der Waals surface area (Å²) in [4.78, 5) is 11.3. The molecule has 0 aromatic carbocycles. The van der Waals surface area contributed by atoms with Gasteiger partial charge in [0.1, 0.15) is 18.2 Å². The van der Waals surface area contributed by atoms with Crippen LogP contribution in [0.25, 0.3) is 0 Å². The van der Waals surface area contributed by atoms with Crippen LogP contribution in [-0.4, -0.2) is 40.4 Å². The molecule has 0 spiro atoms. The predicted molar refractivity (Wildman–Crippen MR) is 58.8 cm³/mol. The molecule has 90 valence electrons. The van der Waals surface area contributed by atoms with E-state index in [-0.39, 0.29) is 12.0 Å². The van der Waals surface area contributed by atoms with E-state index in [0.29, 0.717) is 13.0 Å². The van der Waals surface area contributed by atoms with E-state index >= 15 is 0 Å². The molecule has 1 unspecified atom stereocenters. The first-order valence-electron chi connectivity index (χ1n) is 5.33. The molecule has 0 radical (unpaired) electrons. The first-order valence-corrected chi connectivity index (χ1v) is 5.33. The summed E-state index contributed by atoms with van der Waals surface area (Å²) in [6, 6.07) is -0.238. The lowest BCUT2D eigenvalue weighted by Gasteiger charge is -2.13. The van der Waals surface area contributed by atoms with Crippen molar-refractivity contribution < 1.29 is 9.53 Å². The maximum Gasteiger partial charge on any atom is 0.322 e. The zero-order valence-corrected chi connectivity index (χ0v) is 9.93. The van der Waals surface area contributed by atoms with Gasteiger partial charge in [0, 0.05) is 20.0 Å². The van der Waals surface area contributed by atoms with Gasteiger partial charge in [-0.1, -0.05) is 6.92 Å². The number of nitrogens with one attached hydrogen (secondary N) is 1. The Bertz CT molecular complexity index is 337. The molecule has 6 nitrogen and oxygen atoms in total. The Kier molecular flexibility index (Phi) is 4.91. The normalized spacial score (nSPS) is 12.4. The largest absolute Gasteiger partial charge is 0.468 e. The van der Waals surface area contributed by atoms with Crippen molar-refractivity contribution in [2.24, 2.45) is 7.05 Å². The van der Waals surface area contributed by atoms with E-state index in [1.54, 1.807) is 6.33 Å². The van der Waals surface area contributed by atoms with Gasteiger partial charge in [0.05, 0.1) is 7.11 Å². The van der Waals surface area contributed by atoms with Crippen molar-refractivity contribution in [2.75, 3.05) is 13.7 Å². The number of hydrogen-bond donors (Lipinski definition) is 1. The molecular formula is C10H18N4O2. The van der Waals surface area contributed by atoms with Crippen molar-refractivity contribution >= 4 is 5.97 Å². The van der Waals surface area contributed by atoms with Gasteiger partial charge in [0.2, 0.25) is 0 Å². The van der Waals surface area contributed by atoms with E-state index in [1.165, 1.54) is 7.11 Å². The van der Waals surface area contributed by atoms with Crippen molar-refractivity contribution in [3.8, 4) is 0 Å². The smallest absolute Gasteiger partial charge is 0.322 e. The van der Waals surface area contributed by atoms with Gasteiger partial charge in [-0.3, -0.25) is 4.79 Å². The van der Waals surface area contributed by atoms with Crippen molar-refractivity contribution in [3.63, 3.8) is 0 Å². The molecule has 16 heavy (non-hydrogen) atoms. The summed E-state index contributed by atoms with van der Waals surface area (Å²) in [7, 11) is 3.29. The fourth-order valence-corrected chi connectivity index (χ4v) is 1.43. The minimum absolute atomic E-state index is 0.222. The lowest BCUT2D eigenvalue weighted by Crippen LogP contribution is -2.38. The summed E-state index contributed by atoms with van der Waals surface area (Å²) in [5, 5.41) is 10.9. The maximum atomic E-state index is 11.3. The number of carbonyl (C=O) groups excluding carboxylic acids is 1. The third kappa shape index (κ3) is 3.30. The van der Waals surface area contributed by atoms with Crippen LogP contribution in [0.1, 0.15) is 19.2 Å². The minimum Gasteiger partial charge on any atom is -0.468 e. The van der Waals surface area contributed by atoms with E-state index in [4.69, 9.17) is 0 Å². The zero-order chi connectivity index (χ0) is 12.0. The van der Waals surface area contributed by atoms with Crippen LogP contribution in [0.3, 0.4) is 0 Å². The third-order valence-electron chi connectivity index (χ3n) is 2.44. The Hall–Kier alpha value is -1.43. The van der Waals surface area contributed by atoms with E-state index < -0.39 is 0 Å². The zero-order valence-electron chi connectivity index (χ0n) is 9.93. The fraction of sp³-hybridized carbons (Fsp3) is 0.700. The van der Waals surface area contributed by atoms with Crippen LogP contribution in [0.15, 0.2) is 6.33 Å². The van der Waals surface area contributed by atoms with Gasteiger partial charge >= 0.3 is 5.97 Å². The number of aromatic nitrogens is 3. The van der Waals surface area contributed by atoms with E-state index in [0.717, 1.165) is 12.2 Å². The molecule has 0 saturated heterocycles. The maximum absolute atomic E-state index is 11.3. The molecule has 0 fully saturated rings. The first kappa shape index (κ1) is 12.6. The van der Waals surface area contributed by atoms with Crippen molar-refractivity contribution in [1.82, 2.24) is 20.1 Å². The van der Waals surface area contributed by atoms with Crippen LogP contribution < -0.4 is 5.32 Å². The highest BCUT2D eigenvalue weighted by Crippen LogP contribution is 1.96. The molecule has 0 amide bonds. The molecule has 1 heterocycles. The molecule has 0 bridgehead atoms. The van der Waals surface area contributed by atoms with Gasteiger partial charge in [0.25, 0.3) is 0 Å². The summed E-state index contributed by atoms with van der Waals surface area (Å²) in [6.45, 7) is 2.62. The second kappa shape index (κ2) is 6.22. The highest BCUT2D eigenvalue weighted by molar-refractivity contribution is 5.75. The summed E-state index contributed by atoms with van der Waals surface area (Å²) in [5.41, 5.74) is 0. The lowest BCUT2D eigenvalue weighted by atomic mass is 10.2. The Labute approximate surface area is 95.0 Å². The number of ether oxygens (including phenoxy) is 1. The summed E-state index contributed by atoms with van der Waals surface area (Å²) >= 11 is 0. The molecule has 1 rings (SSSR count). The topological polar surface area (TPSA) is 69.0 Å². The second-order valence-electron chi connectivity index (χ2n) is 3.55. The molecule has 0 saturated carbocycles. The van der Waals surface area contributed by atoms with Gasteiger partial charge in [-0.25, -0.2) is 0 Å². The minimum atomic E-state index is -0.238. The van der Waals surface area contributed by atoms with Gasteiger partial charge in [-0.15, -0.1) is 10.2 Å². The predicted octanol–water partition coefficient (Wildman–Crippen LogP) is -0.101. The monoisotopic (exact) mass is 226 g/mol. The van der Waals surface area contributed by atoms with Gasteiger partial charge in [-0.2, -0.15) is 0 Å². The number of nitrogens with zero attached hydrogens (tertiary/aromatic N) is 3. The van der Waals surface area contributed by atoms with Crippen LogP contribution in [0.2, 0.25) is 0 Å². The number of carbonyl (C=O) groups is 1. The average Bonchev–Trinajstić information content (AvgIpc) is 2.69. The molecule has 1 aromatic heterocycles. The van der Waals surface area contributed by atoms with Gasteiger partial charge in [-0.05, 0) is 6.42 Å². The quantitative estimate of drug-likeness (QED) is 0.686. The molecule has 1 aromatic rings. The van der Waals surface area contributed by atoms with Crippen molar-refractivity contribution in [2.45, 2.75) is 25.8 Å². The summed E-state index contributed by atoms with van der Waals surface area (Å²) in [6.07, 6.45) is 3.11. The van der Waals surface area contributed by atoms with Crippen LogP contribution in [0.4, 0.5) is 0 Å². The highest BCUT2D eigenvalue weighted by atomic mass is 16.5. The summed E-state index contributed by atoms with van der Waals surface area (Å²) in [5.74, 6) is 0.674. The highest BCUT2D eigenvalue weighted by Gasteiger charge is 2.15. The van der Waals surface area contributed by atoms with E-state index in [1.807, 2.05) is 18.5 Å². The molecule has 1 N–H and O–H groups in total. The first-order chi connectivity index (χ1) is 7.69. The molecule has 1 atom stereocenters. The van der Waals surface area contributed by atoms with E-state index in [2.05, 4.69) is 20.3 Å². The number of methoxy groups -OCH3 is 1. The third-order valence-corrected chi connectivity index (χ3v) is 2.44. The average molecular weight is 226 g/mol. The molecular weight excluding hydrogens is 208 g/mol. The number of hydrogen-bond acceptors (Lipinski definition) is 5. The van der Waals surface area contributed by atoms with Crippen LogP contribution in [-0.2, 0) is 23.0 Å². The molecule has 0 aliphatic carbocycles. The molecule has 0 aliphatic heterocycles. The second-order valence-corrected chi connectivity index (χ2v) is 3.55. The number of aryl methyl sites for hydroxylation is 1. The Morgan fingerprint density at radius 3 is 2.94 bits per heavy atom. The Morgan fingerprint density at radius 2 is 2.44 bits per heavy atom. The summed E-state index contributed by atoms with van der Waals surface area (Å²) < 4.78 is 6.54. The Balaban J connectivity index is 2.34. The van der Waals surface area contributed by atoms with Crippen LogP contribution >= 0.6 is 0 Å². The van der Waals surface area contributed by atoms with E-state index in [9.17, 15) is 4.79 Å². The number of rotatable bonds is 6. The standard InChI is InChI=1S/C10H18N4O2/c1-4-8(10(15)16-3)11-6-5-9-13-12-7-14(9)2/h7-8,11H,4-6H2,1-3H3. The molecule has 6 heteroatoms. The van der Waals surface area contributed by atoms with Crippen LogP contribution in [0.5, 0.6) is 0 Å². The van der Waals surface area contributed by atoms with Crippen molar-refractivity contribution in [3.05, 3.63) is 12.2 Å². The SMILES string of the molecule is CCC(NCCc1nncn1C)C(=O)OC. The van der Waals surface area contributed by atoms with Gasteiger partial charge < -0.3 is 14.6 Å². The fourth-order valence-electron chi connectivity index (χ4n) is 1.43. The lowest BCUT2D eigenvalue weighted by molar-refractivity contribution is -0.143. The van der Waals surface area contributed by atoms with Crippen molar-refractivity contribution in [1.29, 1.82) is 0 Å². The Morgan fingerprint density at radius 1 is 1.69 bits per heavy atom. The van der Waals surface area contributed by atoms with Gasteiger partial charge in [0.15, 0.2) is 0 Å². The number of esters is 1. The van der Waals surface area contributed by atoms with Crippen LogP contribution in [0, 0.1) is 0 Å².